The number of nitrogens with two attached hydrogens (primary N) is 1. The fraction of sp³-hybridized carbons (Fsp3) is 0.538. The zero-order chi connectivity index (χ0) is 12.1. The Morgan fingerprint density at radius 3 is 2.50 bits per heavy atom. The van der Waals surface area contributed by atoms with Crippen molar-refractivity contribution in [3.63, 3.8) is 0 Å². The fourth-order valence-corrected chi connectivity index (χ4v) is 1.99. The van der Waals surface area contributed by atoms with Crippen molar-refractivity contribution in [3.8, 4) is 0 Å². The highest BCUT2D eigenvalue weighted by Crippen LogP contribution is 2.19. The lowest BCUT2D eigenvalue weighted by molar-refractivity contribution is 0.299. The van der Waals surface area contributed by atoms with Gasteiger partial charge in [-0.15, -0.1) is 0 Å². The van der Waals surface area contributed by atoms with Crippen LogP contribution in [0.5, 0.6) is 0 Å². The summed E-state index contributed by atoms with van der Waals surface area (Å²) in [5.41, 5.74) is 4.13. The number of benzene rings is 1. The zero-order valence-corrected chi connectivity index (χ0v) is 11.0. The number of nitrogens with one attached hydrogen (secondary N) is 1. The minimum atomic E-state index is 0.290. The Balaban J connectivity index is 2.70. The van der Waals surface area contributed by atoms with E-state index in [0.29, 0.717) is 17.9 Å². The number of hydrogen-bond donors (Lipinski definition) is 2. The van der Waals surface area contributed by atoms with Gasteiger partial charge in [0, 0.05) is 11.1 Å². The van der Waals surface area contributed by atoms with Crippen molar-refractivity contribution in [3.05, 3.63) is 34.9 Å². The van der Waals surface area contributed by atoms with Crippen LogP contribution in [0.2, 0.25) is 5.02 Å². The van der Waals surface area contributed by atoms with E-state index >= 15 is 0 Å². The van der Waals surface area contributed by atoms with Crippen LogP contribution in [0.3, 0.4) is 0 Å². The SMILES string of the molecule is CC(C)C(C)C(Cc1cccc(Cl)c1)NN. The number of hydrazine groups is 1. The summed E-state index contributed by atoms with van der Waals surface area (Å²) in [6.45, 7) is 6.65. The van der Waals surface area contributed by atoms with Crippen LogP contribution in [-0.4, -0.2) is 6.04 Å². The second-order valence-corrected chi connectivity index (χ2v) is 5.15. The molecule has 3 heteroatoms. The molecule has 1 aromatic carbocycles. The van der Waals surface area contributed by atoms with Gasteiger partial charge in [-0.05, 0) is 36.0 Å². The molecule has 0 saturated carbocycles. The first kappa shape index (κ1) is 13.5. The number of rotatable bonds is 5. The third-order valence-corrected chi connectivity index (χ3v) is 3.48. The summed E-state index contributed by atoms with van der Waals surface area (Å²) in [5.74, 6) is 6.76. The van der Waals surface area contributed by atoms with E-state index in [4.69, 9.17) is 17.4 Å². The second kappa shape index (κ2) is 6.24. The van der Waals surface area contributed by atoms with Gasteiger partial charge in [0.2, 0.25) is 0 Å². The topological polar surface area (TPSA) is 38.0 Å². The molecule has 0 amide bonds. The molecule has 2 unspecified atom stereocenters. The molecule has 0 aromatic heterocycles. The Hall–Kier alpha value is -0.570. The highest BCUT2D eigenvalue weighted by Gasteiger charge is 2.19. The van der Waals surface area contributed by atoms with Gasteiger partial charge in [-0.25, -0.2) is 0 Å². The summed E-state index contributed by atoms with van der Waals surface area (Å²) in [6, 6.07) is 8.24. The largest absolute Gasteiger partial charge is 0.271 e. The molecule has 0 aliphatic carbocycles. The van der Waals surface area contributed by atoms with Crippen molar-refractivity contribution in [2.24, 2.45) is 17.7 Å². The Morgan fingerprint density at radius 2 is 2.00 bits per heavy atom. The average Bonchev–Trinajstić information content (AvgIpc) is 2.25. The lowest BCUT2D eigenvalue weighted by atomic mass is 9.87. The molecular weight excluding hydrogens is 220 g/mol. The van der Waals surface area contributed by atoms with Crippen LogP contribution in [-0.2, 0) is 6.42 Å². The summed E-state index contributed by atoms with van der Waals surface area (Å²) >= 11 is 5.96. The van der Waals surface area contributed by atoms with Crippen molar-refractivity contribution in [2.45, 2.75) is 33.2 Å². The lowest BCUT2D eigenvalue weighted by Gasteiger charge is -2.26. The quantitative estimate of drug-likeness (QED) is 0.614. The first-order valence-electron chi connectivity index (χ1n) is 5.75. The molecule has 0 bridgehead atoms. The molecule has 90 valence electrons. The van der Waals surface area contributed by atoms with Crippen LogP contribution in [0.25, 0.3) is 0 Å². The van der Waals surface area contributed by atoms with Crippen molar-refractivity contribution in [1.82, 2.24) is 5.43 Å². The Kier molecular flexibility index (Phi) is 5.26. The highest BCUT2D eigenvalue weighted by molar-refractivity contribution is 6.30. The van der Waals surface area contributed by atoms with Gasteiger partial charge in [0.25, 0.3) is 0 Å². The van der Waals surface area contributed by atoms with Gasteiger partial charge in [0.1, 0.15) is 0 Å². The molecule has 1 aromatic rings. The van der Waals surface area contributed by atoms with Crippen LogP contribution in [0.1, 0.15) is 26.3 Å². The summed E-state index contributed by atoms with van der Waals surface area (Å²) < 4.78 is 0. The Labute approximate surface area is 103 Å². The maximum Gasteiger partial charge on any atom is 0.0408 e. The Morgan fingerprint density at radius 1 is 1.31 bits per heavy atom. The fourth-order valence-electron chi connectivity index (χ4n) is 1.78. The van der Waals surface area contributed by atoms with Gasteiger partial charge < -0.3 is 0 Å². The monoisotopic (exact) mass is 240 g/mol. The molecule has 3 N–H and O–H groups in total. The molecule has 0 heterocycles. The van der Waals surface area contributed by atoms with Crippen LogP contribution >= 0.6 is 11.6 Å². The van der Waals surface area contributed by atoms with E-state index in [2.05, 4.69) is 32.3 Å². The van der Waals surface area contributed by atoms with Gasteiger partial charge in [-0.1, -0.05) is 44.5 Å². The molecule has 0 aliphatic heterocycles. The van der Waals surface area contributed by atoms with E-state index in [1.807, 2.05) is 18.2 Å². The zero-order valence-electron chi connectivity index (χ0n) is 10.2. The van der Waals surface area contributed by atoms with Gasteiger partial charge in [0.15, 0.2) is 0 Å². The highest BCUT2D eigenvalue weighted by atomic mass is 35.5. The smallest absolute Gasteiger partial charge is 0.0408 e. The van der Waals surface area contributed by atoms with Crippen LogP contribution in [0, 0.1) is 11.8 Å². The molecule has 2 nitrogen and oxygen atoms in total. The third-order valence-electron chi connectivity index (χ3n) is 3.24. The third kappa shape index (κ3) is 3.78. The van der Waals surface area contributed by atoms with Crippen molar-refractivity contribution in [1.29, 1.82) is 0 Å². The van der Waals surface area contributed by atoms with Gasteiger partial charge in [-0.2, -0.15) is 0 Å². The molecule has 2 atom stereocenters. The maximum absolute atomic E-state index is 5.96. The van der Waals surface area contributed by atoms with Gasteiger partial charge >= 0.3 is 0 Å². The molecule has 0 saturated heterocycles. The predicted molar refractivity (Wildman–Crippen MR) is 70.3 cm³/mol. The summed E-state index contributed by atoms with van der Waals surface area (Å²) in [5, 5.41) is 0.783. The first-order valence-corrected chi connectivity index (χ1v) is 6.13. The lowest BCUT2D eigenvalue weighted by Crippen LogP contribution is -2.43. The molecule has 16 heavy (non-hydrogen) atoms. The summed E-state index contributed by atoms with van der Waals surface area (Å²) in [6.07, 6.45) is 0.913. The molecule has 0 radical (unpaired) electrons. The van der Waals surface area contributed by atoms with E-state index in [0.717, 1.165) is 11.4 Å². The maximum atomic E-state index is 5.96. The average molecular weight is 241 g/mol. The van der Waals surface area contributed by atoms with Gasteiger partial charge in [0.05, 0.1) is 0 Å². The van der Waals surface area contributed by atoms with E-state index in [1.165, 1.54) is 5.56 Å². The summed E-state index contributed by atoms with van der Waals surface area (Å²) in [7, 11) is 0. The summed E-state index contributed by atoms with van der Waals surface area (Å²) in [4.78, 5) is 0. The number of hydrogen-bond acceptors (Lipinski definition) is 2. The van der Waals surface area contributed by atoms with E-state index in [-0.39, 0.29) is 0 Å². The first-order chi connectivity index (χ1) is 7.54. The molecular formula is C13H21ClN2. The van der Waals surface area contributed by atoms with Crippen molar-refractivity contribution in [2.75, 3.05) is 0 Å². The van der Waals surface area contributed by atoms with Crippen LogP contribution in [0.15, 0.2) is 24.3 Å². The van der Waals surface area contributed by atoms with E-state index in [1.54, 1.807) is 0 Å². The number of halogens is 1. The Bertz CT molecular complexity index is 325. The van der Waals surface area contributed by atoms with Crippen molar-refractivity contribution < 1.29 is 0 Å². The van der Waals surface area contributed by atoms with E-state index in [9.17, 15) is 0 Å². The normalized spacial score (nSPS) is 15.1. The van der Waals surface area contributed by atoms with Crippen molar-refractivity contribution >= 4 is 11.6 Å². The minimum Gasteiger partial charge on any atom is -0.271 e. The second-order valence-electron chi connectivity index (χ2n) is 4.71. The van der Waals surface area contributed by atoms with Crippen LogP contribution in [0.4, 0.5) is 0 Å². The predicted octanol–water partition coefficient (Wildman–Crippen LogP) is 3.01. The van der Waals surface area contributed by atoms with Gasteiger partial charge in [-0.3, -0.25) is 11.3 Å². The minimum absolute atomic E-state index is 0.290. The van der Waals surface area contributed by atoms with Crippen LogP contribution < -0.4 is 11.3 Å². The molecule has 0 spiro atoms. The van der Waals surface area contributed by atoms with E-state index < -0.39 is 0 Å². The molecule has 1 rings (SSSR count). The molecule has 0 aliphatic rings. The standard InChI is InChI=1S/C13H21ClN2/c1-9(2)10(3)13(16-15)8-11-5-4-6-12(14)7-11/h4-7,9-10,13,16H,8,15H2,1-3H3. The molecule has 0 fully saturated rings.